The Labute approximate surface area is 167 Å². The first-order valence-electron chi connectivity index (χ1n) is 10.4. The molecule has 0 unspecified atom stereocenters. The number of aryl methyl sites for hydroxylation is 1. The zero-order valence-electron chi connectivity index (χ0n) is 17.3. The van der Waals surface area contributed by atoms with E-state index in [2.05, 4.69) is 19.2 Å². The number of nitrogens with zero attached hydrogens (tertiary/aromatic N) is 1. The van der Waals surface area contributed by atoms with Crippen LogP contribution in [0.1, 0.15) is 19.4 Å². The Balaban J connectivity index is 1.39. The standard InChI is InChI=1S/C21H32N4O3/c1-16-4-6-19(7-5-16)22-20(26)14-23-8-10-25(11-9-23)21(27)15-24-12-17(2)28-18(3)13-24/h4-7,17-18H,8-15H2,1-3H3,(H,22,26)/p+2/t17-,18-/m1/s1. The van der Waals surface area contributed by atoms with E-state index in [1.165, 1.54) is 15.4 Å². The fourth-order valence-corrected chi connectivity index (χ4v) is 4.18. The van der Waals surface area contributed by atoms with Crippen molar-refractivity contribution in [1.82, 2.24) is 4.90 Å². The second kappa shape index (κ2) is 9.49. The van der Waals surface area contributed by atoms with Crippen molar-refractivity contribution < 1.29 is 24.1 Å². The van der Waals surface area contributed by atoms with Crippen molar-refractivity contribution in [3.63, 3.8) is 0 Å². The van der Waals surface area contributed by atoms with Gasteiger partial charge in [-0.15, -0.1) is 0 Å². The normalized spacial score (nSPS) is 26.1. The summed E-state index contributed by atoms with van der Waals surface area (Å²) in [6.45, 7) is 12.0. The Hall–Kier alpha value is -1.96. The minimum absolute atomic E-state index is 0.0272. The van der Waals surface area contributed by atoms with Crippen molar-refractivity contribution in [3.8, 4) is 0 Å². The highest BCUT2D eigenvalue weighted by molar-refractivity contribution is 5.91. The molecule has 154 valence electrons. The molecule has 2 saturated heterocycles. The SMILES string of the molecule is Cc1ccc(NC(=O)C[NH+]2CCN(C(=O)C[NH+]3C[C@@H](C)O[C@H](C)C3)CC2)cc1. The highest BCUT2D eigenvalue weighted by Gasteiger charge is 2.31. The maximum atomic E-state index is 12.7. The van der Waals surface area contributed by atoms with Crippen LogP contribution in [0.15, 0.2) is 24.3 Å². The number of hydrogen-bond acceptors (Lipinski definition) is 3. The number of carbonyl (C=O) groups excluding carboxylic acids is 2. The average molecular weight is 391 g/mol. The number of piperazine rings is 1. The summed E-state index contributed by atoms with van der Waals surface area (Å²) in [6.07, 6.45) is 0.416. The second-order valence-corrected chi connectivity index (χ2v) is 8.31. The van der Waals surface area contributed by atoms with E-state index >= 15 is 0 Å². The topological polar surface area (TPSA) is 67.5 Å². The van der Waals surface area contributed by atoms with Gasteiger partial charge in [-0.25, -0.2) is 0 Å². The predicted octanol–water partition coefficient (Wildman–Crippen LogP) is -1.65. The first kappa shape index (κ1) is 20.8. The van der Waals surface area contributed by atoms with Crippen LogP contribution in [0.25, 0.3) is 0 Å². The van der Waals surface area contributed by atoms with Gasteiger partial charge in [-0.2, -0.15) is 0 Å². The van der Waals surface area contributed by atoms with Gasteiger partial charge in [-0.3, -0.25) is 9.59 Å². The summed E-state index contributed by atoms with van der Waals surface area (Å²) in [7, 11) is 0. The zero-order valence-corrected chi connectivity index (χ0v) is 17.3. The van der Waals surface area contributed by atoms with Crippen LogP contribution in [0.5, 0.6) is 0 Å². The third kappa shape index (κ3) is 6.02. The van der Waals surface area contributed by atoms with E-state index in [-0.39, 0.29) is 24.0 Å². The largest absolute Gasteiger partial charge is 0.364 e. The molecule has 7 heteroatoms. The lowest BCUT2D eigenvalue weighted by Crippen LogP contribution is -3.17. The molecule has 2 aliphatic rings. The first-order chi connectivity index (χ1) is 13.4. The Morgan fingerprint density at radius 1 is 1.04 bits per heavy atom. The smallest absolute Gasteiger partial charge is 0.279 e. The number of hydrogen-bond donors (Lipinski definition) is 3. The minimum atomic E-state index is 0.0272. The summed E-state index contributed by atoms with van der Waals surface area (Å²) in [4.78, 5) is 29.4. The fourth-order valence-electron chi connectivity index (χ4n) is 4.18. The van der Waals surface area contributed by atoms with Crippen molar-refractivity contribution >= 4 is 17.5 Å². The van der Waals surface area contributed by atoms with Gasteiger partial charge in [0.15, 0.2) is 13.1 Å². The number of ether oxygens (including phenoxy) is 1. The number of quaternary nitrogens is 2. The molecule has 2 fully saturated rings. The molecule has 1 aromatic carbocycles. The van der Waals surface area contributed by atoms with E-state index in [0.717, 1.165) is 45.0 Å². The van der Waals surface area contributed by atoms with Crippen LogP contribution in [0.2, 0.25) is 0 Å². The summed E-state index contributed by atoms with van der Waals surface area (Å²) in [5, 5.41) is 2.96. The third-order valence-corrected chi connectivity index (χ3v) is 5.59. The van der Waals surface area contributed by atoms with Gasteiger partial charge in [0.1, 0.15) is 25.3 Å². The quantitative estimate of drug-likeness (QED) is 0.565. The van der Waals surface area contributed by atoms with Crippen LogP contribution in [-0.2, 0) is 14.3 Å². The second-order valence-electron chi connectivity index (χ2n) is 8.31. The molecule has 7 nitrogen and oxygen atoms in total. The summed E-state index contributed by atoms with van der Waals surface area (Å²) in [5.74, 6) is 0.249. The van der Waals surface area contributed by atoms with Crippen molar-refractivity contribution in [2.24, 2.45) is 0 Å². The van der Waals surface area contributed by atoms with Crippen LogP contribution in [0.4, 0.5) is 5.69 Å². The molecular weight excluding hydrogens is 356 g/mol. The van der Waals surface area contributed by atoms with Gasteiger partial charge >= 0.3 is 0 Å². The molecule has 2 atom stereocenters. The summed E-state index contributed by atoms with van der Waals surface area (Å²) in [6, 6.07) is 7.83. The Bertz CT molecular complexity index is 661. The Kier molecular flexibility index (Phi) is 7.04. The van der Waals surface area contributed by atoms with E-state index in [1.807, 2.05) is 36.1 Å². The van der Waals surface area contributed by atoms with Crippen LogP contribution in [0, 0.1) is 6.92 Å². The molecule has 0 spiro atoms. The zero-order chi connectivity index (χ0) is 20.1. The molecule has 2 amide bonds. The number of rotatable bonds is 5. The molecule has 3 rings (SSSR count). The van der Waals surface area contributed by atoms with Crippen LogP contribution >= 0.6 is 0 Å². The first-order valence-corrected chi connectivity index (χ1v) is 10.4. The van der Waals surface area contributed by atoms with Crippen LogP contribution in [0.3, 0.4) is 0 Å². The van der Waals surface area contributed by atoms with Crippen LogP contribution < -0.4 is 15.1 Å². The van der Waals surface area contributed by atoms with E-state index in [1.54, 1.807) is 0 Å². The minimum Gasteiger partial charge on any atom is -0.364 e. The lowest BCUT2D eigenvalue weighted by atomic mass is 10.2. The molecule has 0 aromatic heterocycles. The number of morpholine rings is 1. The third-order valence-electron chi connectivity index (χ3n) is 5.59. The number of nitrogens with one attached hydrogen (secondary N) is 3. The average Bonchev–Trinajstić information content (AvgIpc) is 2.63. The van der Waals surface area contributed by atoms with Crippen LogP contribution in [-0.4, -0.2) is 81.3 Å². The van der Waals surface area contributed by atoms with Crippen molar-refractivity contribution in [2.45, 2.75) is 33.0 Å². The van der Waals surface area contributed by atoms with Gasteiger partial charge in [0.2, 0.25) is 0 Å². The van der Waals surface area contributed by atoms with E-state index in [0.29, 0.717) is 13.1 Å². The highest BCUT2D eigenvalue weighted by atomic mass is 16.5. The highest BCUT2D eigenvalue weighted by Crippen LogP contribution is 2.07. The summed E-state index contributed by atoms with van der Waals surface area (Å²) >= 11 is 0. The molecule has 1 aromatic rings. The molecule has 0 saturated carbocycles. The molecule has 28 heavy (non-hydrogen) atoms. The van der Waals surface area contributed by atoms with Gasteiger partial charge in [0, 0.05) is 5.69 Å². The maximum Gasteiger partial charge on any atom is 0.279 e. The molecule has 0 bridgehead atoms. The Morgan fingerprint density at radius 2 is 1.64 bits per heavy atom. The van der Waals surface area contributed by atoms with E-state index < -0.39 is 0 Å². The van der Waals surface area contributed by atoms with Crippen molar-refractivity contribution in [2.75, 3.05) is 57.7 Å². The van der Waals surface area contributed by atoms with Gasteiger partial charge in [-0.1, -0.05) is 17.7 Å². The summed E-state index contributed by atoms with van der Waals surface area (Å²) in [5.41, 5.74) is 2.01. The van der Waals surface area contributed by atoms with Crippen molar-refractivity contribution in [1.29, 1.82) is 0 Å². The van der Waals surface area contributed by atoms with Gasteiger partial charge in [0.25, 0.3) is 11.8 Å². The lowest BCUT2D eigenvalue weighted by molar-refractivity contribution is -0.908. The van der Waals surface area contributed by atoms with E-state index in [4.69, 9.17) is 4.74 Å². The molecule has 0 aliphatic carbocycles. The number of amides is 2. The maximum absolute atomic E-state index is 12.7. The van der Waals surface area contributed by atoms with Gasteiger partial charge < -0.3 is 24.8 Å². The lowest BCUT2D eigenvalue weighted by Gasteiger charge is -2.35. The molecule has 2 heterocycles. The molecule has 3 N–H and O–H groups in total. The fraction of sp³-hybridized carbons (Fsp3) is 0.619. The number of benzene rings is 1. The van der Waals surface area contributed by atoms with Crippen molar-refractivity contribution in [3.05, 3.63) is 29.8 Å². The Morgan fingerprint density at radius 3 is 2.25 bits per heavy atom. The molecular formula is C21H34N4O3+2. The molecule has 0 radical (unpaired) electrons. The number of anilines is 1. The van der Waals surface area contributed by atoms with E-state index in [9.17, 15) is 9.59 Å². The predicted molar refractivity (Wildman–Crippen MR) is 108 cm³/mol. The monoisotopic (exact) mass is 390 g/mol. The summed E-state index contributed by atoms with van der Waals surface area (Å²) < 4.78 is 5.76. The number of carbonyl (C=O) groups is 2. The van der Waals surface area contributed by atoms with Gasteiger partial charge in [-0.05, 0) is 32.9 Å². The van der Waals surface area contributed by atoms with Gasteiger partial charge in [0.05, 0.1) is 26.2 Å². The molecule has 2 aliphatic heterocycles.